The highest BCUT2D eigenvalue weighted by Gasteiger charge is 2.08. The Hall–Kier alpha value is -1.64. The van der Waals surface area contributed by atoms with Crippen molar-refractivity contribution in [3.05, 3.63) is 57.8 Å². The Kier molecular flexibility index (Phi) is 4.03. The van der Waals surface area contributed by atoms with Gasteiger partial charge in [0.25, 0.3) is 0 Å². The van der Waals surface area contributed by atoms with Gasteiger partial charge in [-0.2, -0.15) is 0 Å². The molecule has 0 heterocycles. The summed E-state index contributed by atoms with van der Waals surface area (Å²) in [6.45, 7) is 3.94. The molecule has 3 heteroatoms. The standard InChI is InChI=1S/C12H15NO2/c1-10(2)12(9-13(14)15)8-11-6-4-3-5-7-11/h3-7,9-10H,8H2,1-2H3/b12-9-. The van der Waals surface area contributed by atoms with Gasteiger partial charge in [-0.1, -0.05) is 44.2 Å². The lowest BCUT2D eigenvalue weighted by Crippen LogP contribution is -2.01. The lowest BCUT2D eigenvalue weighted by Gasteiger charge is -2.08. The van der Waals surface area contributed by atoms with E-state index in [1.54, 1.807) is 0 Å². The second-order valence-corrected chi connectivity index (χ2v) is 3.81. The van der Waals surface area contributed by atoms with Gasteiger partial charge in [0.05, 0.1) is 4.92 Å². The van der Waals surface area contributed by atoms with Crippen LogP contribution < -0.4 is 0 Å². The Morgan fingerprint density at radius 3 is 2.47 bits per heavy atom. The number of hydrogen-bond acceptors (Lipinski definition) is 2. The minimum atomic E-state index is -0.377. The fraction of sp³-hybridized carbons (Fsp3) is 0.333. The van der Waals surface area contributed by atoms with Gasteiger partial charge in [0, 0.05) is 5.57 Å². The molecule has 0 aliphatic carbocycles. The van der Waals surface area contributed by atoms with Gasteiger partial charge in [-0.15, -0.1) is 0 Å². The number of benzene rings is 1. The normalized spacial score (nSPS) is 11.8. The third-order valence-electron chi connectivity index (χ3n) is 2.26. The summed E-state index contributed by atoms with van der Waals surface area (Å²) >= 11 is 0. The smallest absolute Gasteiger partial charge is 0.234 e. The molecule has 15 heavy (non-hydrogen) atoms. The molecule has 0 N–H and O–H groups in total. The second-order valence-electron chi connectivity index (χ2n) is 3.81. The maximum Gasteiger partial charge on any atom is 0.234 e. The molecule has 0 saturated heterocycles. The van der Waals surface area contributed by atoms with Gasteiger partial charge in [-0.25, -0.2) is 0 Å². The molecular formula is C12H15NO2. The van der Waals surface area contributed by atoms with E-state index in [1.165, 1.54) is 0 Å². The van der Waals surface area contributed by atoms with Crippen LogP contribution in [-0.4, -0.2) is 4.92 Å². The molecule has 1 aromatic rings. The van der Waals surface area contributed by atoms with Crippen LogP contribution in [0, 0.1) is 16.0 Å². The van der Waals surface area contributed by atoms with Crippen LogP contribution in [0.2, 0.25) is 0 Å². The predicted molar refractivity (Wildman–Crippen MR) is 60.1 cm³/mol. The minimum absolute atomic E-state index is 0.204. The lowest BCUT2D eigenvalue weighted by molar-refractivity contribution is -0.403. The molecule has 3 nitrogen and oxygen atoms in total. The van der Waals surface area contributed by atoms with Crippen molar-refractivity contribution in [2.75, 3.05) is 0 Å². The average molecular weight is 205 g/mol. The Balaban J connectivity index is 2.81. The van der Waals surface area contributed by atoms with E-state index in [1.807, 2.05) is 44.2 Å². The third kappa shape index (κ3) is 3.94. The zero-order valence-electron chi connectivity index (χ0n) is 9.01. The van der Waals surface area contributed by atoms with E-state index < -0.39 is 0 Å². The first-order valence-electron chi connectivity index (χ1n) is 4.97. The highest BCUT2D eigenvalue weighted by molar-refractivity contribution is 5.21. The molecule has 1 aromatic carbocycles. The molecule has 0 amide bonds. The summed E-state index contributed by atoms with van der Waals surface area (Å²) in [5, 5.41) is 10.4. The molecule has 80 valence electrons. The fourth-order valence-corrected chi connectivity index (χ4v) is 1.37. The van der Waals surface area contributed by atoms with Gasteiger partial charge in [0.1, 0.15) is 0 Å². The van der Waals surface area contributed by atoms with Crippen LogP contribution in [0.4, 0.5) is 0 Å². The topological polar surface area (TPSA) is 43.1 Å². The van der Waals surface area contributed by atoms with Crippen LogP contribution >= 0.6 is 0 Å². The number of allylic oxidation sites excluding steroid dienone is 1. The van der Waals surface area contributed by atoms with E-state index in [-0.39, 0.29) is 10.8 Å². The molecule has 0 unspecified atom stereocenters. The van der Waals surface area contributed by atoms with Crippen LogP contribution in [0.15, 0.2) is 42.1 Å². The fourth-order valence-electron chi connectivity index (χ4n) is 1.37. The van der Waals surface area contributed by atoms with E-state index in [0.717, 1.165) is 17.3 Å². The third-order valence-corrected chi connectivity index (χ3v) is 2.26. The van der Waals surface area contributed by atoms with E-state index >= 15 is 0 Å². The van der Waals surface area contributed by atoms with Crippen molar-refractivity contribution in [3.8, 4) is 0 Å². The first-order valence-corrected chi connectivity index (χ1v) is 4.97. The van der Waals surface area contributed by atoms with Gasteiger partial charge in [0.15, 0.2) is 0 Å². The van der Waals surface area contributed by atoms with Crippen LogP contribution in [0.1, 0.15) is 19.4 Å². The predicted octanol–water partition coefficient (Wildman–Crippen LogP) is 3.05. The number of nitro groups is 1. The molecule has 0 aliphatic rings. The van der Waals surface area contributed by atoms with Crippen molar-refractivity contribution in [2.45, 2.75) is 20.3 Å². The first-order chi connectivity index (χ1) is 7.09. The molecule has 0 aromatic heterocycles. The van der Waals surface area contributed by atoms with Crippen LogP contribution in [-0.2, 0) is 6.42 Å². The molecule has 1 rings (SSSR count). The SMILES string of the molecule is CC(C)/C(=C\[N+](=O)[O-])Cc1ccccc1. The van der Waals surface area contributed by atoms with Crippen molar-refractivity contribution < 1.29 is 4.92 Å². The van der Waals surface area contributed by atoms with Crippen molar-refractivity contribution in [2.24, 2.45) is 5.92 Å². The van der Waals surface area contributed by atoms with Crippen LogP contribution in [0.25, 0.3) is 0 Å². The summed E-state index contributed by atoms with van der Waals surface area (Å²) in [6, 6.07) is 9.79. The highest BCUT2D eigenvalue weighted by atomic mass is 16.6. The molecule has 0 atom stereocenters. The zero-order valence-corrected chi connectivity index (χ0v) is 9.01. The summed E-state index contributed by atoms with van der Waals surface area (Å²) in [7, 11) is 0. The summed E-state index contributed by atoms with van der Waals surface area (Å²) in [6.07, 6.45) is 1.77. The van der Waals surface area contributed by atoms with Crippen molar-refractivity contribution in [1.29, 1.82) is 0 Å². The zero-order chi connectivity index (χ0) is 11.3. The Labute approximate surface area is 89.6 Å². The Bertz CT molecular complexity index is 355. The van der Waals surface area contributed by atoms with Gasteiger partial charge >= 0.3 is 0 Å². The van der Waals surface area contributed by atoms with E-state index in [0.29, 0.717) is 6.42 Å². The first kappa shape index (κ1) is 11.4. The number of hydrogen-bond donors (Lipinski definition) is 0. The van der Waals surface area contributed by atoms with Crippen molar-refractivity contribution >= 4 is 0 Å². The maximum absolute atomic E-state index is 10.4. The molecule has 0 spiro atoms. The summed E-state index contributed by atoms with van der Waals surface area (Å²) in [4.78, 5) is 10.1. The Morgan fingerprint density at radius 2 is 2.00 bits per heavy atom. The van der Waals surface area contributed by atoms with Crippen LogP contribution in [0.3, 0.4) is 0 Å². The average Bonchev–Trinajstić information content (AvgIpc) is 2.17. The largest absolute Gasteiger partial charge is 0.259 e. The summed E-state index contributed by atoms with van der Waals surface area (Å²) in [5.41, 5.74) is 1.96. The molecule has 0 saturated carbocycles. The van der Waals surface area contributed by atoms with Gasteiger partial charge < -0.3 is 0 Å². The molecule has 0 fully saturated rings. The Morgan fingerprint density at radius 1 is 1.40 bits per heavy atom. The van der Waals surface area contributed by atoms with Crippen LogP contribution in [0.5, 0.6) is 0 Å². The van der Waals surface area contributed by atoms with Gasteiger partial charge in [-0.05, 0) is 17.9 Å². The second kappa shape index (κ2) is 5.29. The molecule has 0 radical (unpaired) electrons. The summed E-state index contributed by atoms with van der Waals surface area (Å²) < 4.78 is 0. The molecular weight excluding hydrogens is 190 g/mol. The maximum atomic E-state index is 10.4. The molecule has 0 aliphatic heterocycles. The van der Waals surface area contributed by atoms with Crippen molar-refractivity contribution in [3.63, 3.8) is 0 Å². The quantitative estimate of drug-likeness (QED) is 0.560. The number of rotatable bonds is 4. The van der Waals surface area contributed by atoms with Crippen molar-refractivity contribution in [1.82, 2.24) is 0 Å². The van der Waals surface area contributed by atoms with Gasteiger partial charge in [0.2, 0.25) is 6.20 Å². The lowest BCUT2D eigenvalue weighted by atomic mass is 9.97. The molecule has 0 bridgehead atoms. The monoisotopic (exact) mass is 205 g/mol. The minimum Gasteiger partial charge on any atom is -0.259 e. The summed E-state index contributed by atoms with van der Waals surface area (Å²) in [5.74, 6) is 0.204. The van der Waals surface area contributed by atoms with Gasteiger partial charge in [-0.3, -0.25) is 10.1 Å². The van der Waals surface area contributed by atoms with E-state index in [9.17, 15) is 10.1 Å². The highest BCUT2D eigenvalue weighted by Crippen LogP contribution is 2.15. The van der Waals surface area contributed by atoms with E-state index in [4.69, 9.17) is 0 Å². The number of nitrogens with zero attached hydrogens (tertiary/aromatic N) is 1. The van der Waals surface area contributed by atoms with E-state index in [2.05, 4.69) is 0 Å².